The highest BCUT2D eigenvalue weighted by Gasteiger charge is 2.46. The van der Waals surface area contributed by atoms with E-state index in [1.165, 1.54) is 23.5 Å². The molecule has 0 heterocycles. The van der Waals surface area contributed by atoms with E-state index < -0.39 is 80.6 Å². The summed E-state index contributed by atoms with van der Waals surface area (Å²) in [5, 5.41) is 26.1. The number of nitrogens with one attached hydrogen (secondary N) is 1. The van der Waals surface area contributed by atoms with E-state index in [1.54, 1.807) is 0 Å². The molecule has 17 heteroatoms. The Bertz CT molecular complexity index is 1110. The van der Waals surface area contributed by atoms with Gasteiger partial charge in [-0.2, -0.15) is 0 Å². The summed E-state index contributed by atoms with van der Waals surface area (Å²) in [7, 11) is 0. The molecule has 0 amide bonds. The number of anilines is 1. The van der Waals surface area contributed by atoms with Gasteiger partial charge in [0.2, 0.25) is 0 Å². The molecule has 1 rings (SSSR count). The predicted octanol–water partition coefficient (Wildman–Crippen LogP) is 3.47. The molecule has 0 bridgehead atoms. The van der Waals surface area contributed by atoms with Gasteiger partial charge in [-0.1, -0.05) is 13.8 Å². The SMILES string of the molecule is CCSC(SCC)[C@@H](Nc1ccc([N+](=O)[O-])cc1[N+](=O)[O-])[C@H](OC(C)=O)[C@H](OC(C)=O)[C@@H](COC(C)=O)OC(C)=O. The predicted molar refractivity (Wildman–Crippen MR) is 151 cm³/mol. The molecule has 0 aliphatic heterocycles. The number of carbonyl (C=O) groups excluding carboxylic acids is 4. The van der Waals surface area contributed by atoms with Gasteiger partial charge < -0.3 is 24.3 Å². The number of hydrogen-bond donors (Lipinski definition) is 1. The van der Waals surface area contributed by atoms with E-state index in [9.17, 15) is 39.4 Å². The first-order chi connectivity index (χ1) is 19.2. The highest BCUT2D eigenvalue weighted by molar-refractivity contribution is 8.17. The fraction of sp³-hybridized carbons (Fsp3) is 0.583. The maximum absolute atomic E-state index is 12.4. The number of ether oxygens (including phenoxy) is 4. The molecule has 0 saturated carbocycles. The normalized spacial score (nSPS) is 13.7. The molecule has 0 saturated heterocycles. The fourth-order valence-electron chi connectivity index (χ4n) is 3.67. The minimum atomic E-state index is -1.55. The van der Waals surface area contributed by atoms with Crippen LogP contribution in [0.5, 0.6) is 0 Å². The van der Waals surface area contributed by atoms with Crippen LogP contribution < -0.4 is 5.32 Å². The maximum atomic E-state index is 12.4. The van der Waals surface area contributed by atoms with Gasteiger partial charge in [0.1, 0.15) is 12.3 Å². The molecule has 0 aromatic heterocycles. The molecule has 0 unspecified atom stereocenters. The molecular weight excluding hydrogens is 586 g/mol. The molecule has 0 aliphatic rings. The third-order valence-electron chi connectivity index (χ3n) is 5.08. The van der Waals surface area contributed by atoms with Crippen molar-refractivity contribution in [3.63, 3.8) is 0 Å². The van der Waals surface area contributed by atoms with Crippen LogP contribution in [0.2, 0.25) is 0 Å². The molecule has 41 heavy (non-hydrogen) atoms. The molecule has 0 fully saturated rings. The number of nitrogens with zero attached hydrogens (tertiary/aromatic N) is 2. The van der Waals surface area contributed by atoms with E-state index in [4.69, 9.17) is 18.9 Å². The lowest BCUT2D eigenvalue weighted by molar-refractivity contribution is -0.393. The molecule has 0 aliphatic carbocycles. The third-order valence-corrected chi connectivity index (χ3v) is 7.81. The van der Waals surface area contributed by atoms with Crippen molar-refractivity contribution >= 4 is 64.5 Å². The van der Waals surface area contributed by atoms with Crippen molar-refractivity contribution in [2.75, 3.05) is 23.4 Å². The van der Waals surface area contributed by atoms with Gasteiger partial charge in [0.15, 0.2) is 18.3 Å². The number of thioether (sulfide) groups is 2. The Morgan fingerprint density at radius 1 is 0.829 bits per heavy atom. The van der Waals surface area contributed by atoms with Crippen LogP contribution in [-0.2, 0) is 38.1 Å². The van der Waals surface area contributed by atoms with E-state index in [0.717, 1.165) is 45.9 Å². The van der Waals surface area contributed by atoms with Gasteiger partial charge in [-0.25, -0.2) is 0 Å². The van der Waals surface area contributed by atoms with E-state index in [0.29, 0.717) is 11.5 Å². The van der Waals surface area contributed by atoms with E-state index >= 15 is 0 Å². The number of nitro groups is 2. The average molecular weight is 620 g/mol. The molecule has 228 valence electrons. The maximum Gasteiger partial charge on any atom is 0.303 e. The van der Waals surface area contributed by atoms with Crippen LogP contribution in [0.4, 0.5) is 17.1 Å². The Labute approximate surface area is 244 Å². The number of hydrogen-bond acceptors (Lipinski definition) is 15. The number of benzene rings is 1. The molecule has 0 radical (unpaired) electrons. The summed E-state index contributed by atoms with van der Waals surface area (Å²) in [4.78, 5) is 69.7. The first-order valence-electron chi connectivity index (χ1n) is 12.3. The van der Waals surface area contributed by atoms with Crippen LogP contribution in [-0.4, -0.2) is 80.8 Å². The minimum absolute atomic E-state index is 0.147. The fourth-order valence-corrected chi connectivity index (χ4v) is 6.39. The smallest absolute Gasteiger partial charge is 0.303 e. The summed E-state index contributed by atoms with van der Waals surface area (Å²) >= 11 is 2.77. The standard InChI is InChI=1S/C24H33N3O12S2/c1-7-40-24(41-8-2)21(25-18-10-9-17(26(32)33)11-19(18)27(34)35)23(39-16(6)31)22(38-15(5)30)20(37-14(4)29)12-36-13(3)28/h9-11,20-25H,7-8,12H2,1-6H3/t20-,21+,22-,23+/m1/s1. The zero-order valence-electron chi connectivity index (χ0n) is 23.4. The topological polar surface area (TPSA) is 204 Å². The van der Waals surface area contributed by atoms with Crippen LogP contribution in [0.15, 0.2) is 18.2 Å². The van der Waals surface area contributed by atoms with Crippen LogP contribution in [0.1, 0.15) is 41.5 Å². The van der Waals surface area contributed by atoms with Crippen molar-refractivity contribution in [2.45, 2.75) is 70.5 Å². The van der Waals surface area contributed by atoms with Crippen molar-refractivity contribution in [3.8, 4) is 0 Å². The minimum Gasteiger partial charge on any atom is -0.462 e. The molecule has 0 spiro atoms. The van der Waals surface area contributed by atoms with Crippen LogP contribution in [0.3, 0.4) is 0 Å². The highest BCUT2D eigenvalue weighted by Crippen LogP contribution is 2.37. The lowest BCUT2D eigenvalue weighted by atomic mass is 10.00. The Kier molecular flexibility index (Phi) is 14.9. The van der Waals surface area contributed by atoms with Gasteiger partial charge in [0.05, 0.1) is 26.5 Å². The zero-order valence-corrected chi connectivity index (χ0v) is 25.0. The van der Waals surface area contributed by atoms with E-state index in [2.05, 4.69) is 5.32 Å². The molecule has 1 aromatic rings. The summed E-state index contributed by atoms with van der Waals surface area (Å²) < 4.78 is 21.0. The number of non-ortho nitro benzene ring substituents is 1. The summed E-state index contributed by atoms with van der Waals surface area (Å²) in [6, 6.07) is 1.91. The van der Waals surface area contributed by atoms with Gasteiger partial charge in [0, 0.05) is 33.8 Å². The largest absolute Gasteiger partial charge is 0.462 e. The summed E-state index contributed by atoms with van der Waals surface area (Å²) in [5.74, 6) is -2.14. The first kappa shape index (κ1) is 35.4. The van der Waals surface area contributed by atoms with Crippen LogP contribution in [0.25, 0.3) is 0 Å². The van der Waals surface area contributed by atoms with Gasteiger partial charge in [0.25, 0.3) is 11.4 Å². The molecule has 1 N–H and O–H groups in total. The van der Waals surface area contributed by atoms with Crippen molar-refractivity contribution in [1.29, 1.82) is 0 Å². The average Bonchev–Trinajstić information content (AvgIpc) is 2.86. The third kappa shape index (κ3) is 11.8. The molecular formula is C24H33N3O12S2. The van der Waals surface area contributed by atoms with Crippen LogP contribution >= 0.6 is 23.5 Å². The van der Waals surface area contributed by atoms with Crippen molar-refractivity contribution < 1.29 is 48.0 Å². The monoisotopic (exact) mass is 619 g/mol. The number of rotatable bonds is 17. The second kappa shape index (κ2) is 17.3. The second-order valence-corrected chi connectivity index (χ2v) is 11.4. The molecule has 1 aromatic carbocycles. The lowest BCUT2D eigenvalue weighted by Crippen LogP contribution is -2.56. The van der Waals surface area contributed by atoms with Gasteiger partial charge in [-0.15, -0.1) is 23.5 Å². The van der Waals surface area contributed by atoms with Gasteiger partial charge >= 0.3 is 23.9 Å². The number of nitro benzene ring substituents is 2. The molecule has 4 atom stereocenters. The number of carbonyl (C=O) groups is 4. The Balaban J connectivity index is 3.90. The van der Waals surface area contributed by atoms with Gasteiger partial charge in [-0.05, 0) is 17.6 Å². The highest BCUT2D eigenvalue weighted by atomic mass is 32.2. The van der Waals surface area contributed by atoms with E-state index in [-0.39, 0.29) is 5.69 Å². The van der Waals surface area contributed by atoms with Crippen molar-refractivity contribution in [2.24, 2.45) is 0 Å². The van der Waals surface area contributed by atoms with Crippen molar-refractivity contribution in [3.05, 3.63) is 38.4 Å². The Morgan fingerprint density at radius 3 is 1.80 bits per heavy atom. The Morgan fingerprint density at radius 2 is 1.37 bits per heavy atom. The summed E-state index contributed by atoms with van der Waals surface area (Å²) in [6.45, 7) is 7.48. The van der Waals surface area contributed by atoms with Crippen LogP contribution in [0, 0.1) is 20.2 Å². The van der Waals surface area contributed by atoms with Gasteiger partial charge in [-0.3, -0.25) is 39.4 Å². The first-order valence-corrected chi connectivity index (χ1v) is 14.4. The van der Waals surface area contributed by atoms with Crippen molar-refractivity contribution in [1.82, 2.24) is 0 Å². The quantitative estimate of drug-likeness (QED) is 0.0871. The molecule has 15 nitrogen and oxygen atoms in total. The number of esters is 4. The lowest BCUT2D eigenvalue weighted by Gasteiger charge is -2.39. The summed E-state index contributed by atoms with van der Waals surface area (Å²) in [6.07, 6.45) is -4.46. The zero-order chi connectivity index (χ0) is 31.3. The summed E-state index contributed by atoms with van der Waals surface area (Å²) in [5.41, 5.74) is -1.30. The Hall–Kier alpha value is -3.60. The van der Waals surface area contributed by atoms with E-state index in [1.807, 2.05) is 13.8 Å². The second-order valence-electron chi connectivity index (χ2n) is 8.26.